The largest absolute Gasteiger partial charge is 0.379 e. The van der Waals surface area contributed by atoms with E-state index in [1.165, 1.54) is 4.68 Å². The van der Waals surface area contributed by atoms with E-state index in [1.54, 1.807) is 12.1 Å². The minimum absolute atomic E-state index is 0.0730. The fraction of sp³-hybridized carbons (Fsp3) is 0.333. The summed E-state index contributed by atoms with van der Waals surface area (Å²) in [4.78, 5) is 14.1. The van der Waals surface area contributed by atoms with Crippen molar-refractivity contribution in [3.63, 3.8) is 0 Å². The highest BCUT2D eigenvalue weighted by Crippen LogP contribution is 2.14. The first-order chi connectivity index (χ1) is 9.83. The zero-order valence-corrected chi connectivity index (χ0v) is 11.2. The van der Waals surface area contributed by atoms with Gasteiger partial charge in [0.05, 0.1) is 25.6 Å². The predicted molar refractivity (Wildman–Crippen MR) is 76.3 cm³/mol. The zero-order valence-electron chi connectivity index (χ0n) is 11.2. The number of ether oxygens (including phenoxy) is 1. The molecule has 2 heterocycles. The van der Waals surface area contributed by atoms with Crippen molar-refractivity contribution in [2.24, 2.45) is 0 Å². The van der Waals surface area contributed by atoms with Crippen LogP contribution in [-0.2, 0) is 11.4 Å². The first-order valence-electron chi connectivity index (χ1n) is 6.76. The summed E-state index contributed by atoms with van der Waals surface area (Å²) in [5.41, 5.74) is 1.76. The molecule has 1 aliphatic rings. The summed E-state index contributed by atoms with van der Waals surface area (Å²) in [7, 11) is 0. The Hall–Kier alpha value is -1.98. The van der Waals surface area contributed by atoms with E-state index >= 15 is 0 Å². The number of hydrogen-bond donors (Lipinski definition) is 0. The molecule has 20 heavy (non-hydrogen) atoms. The number of benzene rings is 1. The second kappa shape index (κ2) is 5.98. The standard InChI is InChI=1S/C15H17N3O2/c19-15-7-6-14(13-4-2-1-3-5-13)16-18(15)12-17-8-10-20-11-9-17/h1-7H,8-12H2. The van der Waals surface area contributed by atoms with Crippen molar-refractivity contribution < 1.29 is 4.74 Å². The van der Waals surface area contributed by atoms with Gasteiger partial charge in [-0.25, -0.2) is 4.68 Å². The molecule has 1 aliphatic heterocycles. The van der Waals surface area contributed by atoms with E-state index in [0.29, 0.717) is 19.9 Å². The van der Waals surface area contributed by atoms with Gasteiger partial charge >= 0.3 is 0 Å². The van der Waals surface area contributed by atoms with Crippen LogP contribution in [0.15, 0.2) is 47.3 Å². The highest BCUT2D eigenvalue weighted by atomic mass is 16.5. The minimum Gasteiger partial charge on any atom is -0.379 e. The predicted octanol–water partition coefficient (Wildman–Crippen LogP) is 1.20. The lowest BCUT2D eigenvalue weighted by Crippen LogP contribution is -2.40. The third kappa shape index (κ3) is 2.95. The highest BCUT2D eigenvalue weighted by molar-refractivity contribution is 5.57. The van der Waals surface area contributed by atoms with Crippen LogP contribution in [0.25, 0.3) is 11.3 Å². The lowest BCUT2D eigenvalue weighted by molar-refractivity contribution is 0.0205. The Morgan fingerprint density at radius 1 is 1.05 bits per heavy atom. The van der Waals surface area contributed by atoms with Crippen LogP contribution in [0.4, 0.5) is 0 Å². The van der Waals surface area contributed by atoms with E-state index in [1.807, 2.05) is 30.3 Å². The summed E-state index contributed by atoms with van der Waals surface area (Å²) in [5, 5.41) is 4.46. The van der Waals surface area contributed by atoms with E-state index in [2.05, 4.69) is 10.00 Å². The molecule has 2 aromatic rings. The average Bonchev–Trinajstić information content (AvgIpc) is 2.51. The summed E-state index contributed by atoms with van der Waals surface area (Å²) in [6, 6.07) is 13.2. The van der Waals surface area contributed by atoms with Gasteiger partial charge in [-0.1, -0.05) is 30.3 Å². The molecule has 0 N–H and O–H groups in total. The molecule has 0 atom stereocenters. The summed E-state index contributed by atoms with van der Waals surface area (Å²) in [6.07, 6.45) is 0. The summed E-state index contributed by atoms with van der Waals surface area (Å²) >= 11 is 0. The zero-order chi connectivity index (χ0) is 13.8. The molecule has 3 rings (SSSR count). The third-order valence-electron chi connectivity index (χ3n) is 3.37. The second-order valence-corrected chi connectivity index (χ2v) is 4.79. The Balaban J connectivity index is 1.85. The molecule has 0 spiro atoms. The van der Waals surface area contributed by atoms with Crippen molar-refractivity contribution in [1.29, 1.82) is 0 Å². The Labute approximate surface area is 117 Å². The van der Waals surface area contributed by atoms with E-state index in [0.717, 1.165) is 24.3 Å². The van der Waals surface area contributed by atoms with Crippen LogP contribution in [0.3, 0.4) is 0 Å². The van der Waals surface area contributed by atoms with Gasteiger partial charge in [0.1, 0.15) is 0 Å². The number of morpholine rings is 1. The van der Waals surface area contributed by atoms with Crippen molar-refractivity contribution in [3.05, 3.63) is 52.8 Å². The minimum atomic E-state index is -0.0730. The fourth-order valence-corrected chi connectivity index (χ4v) is 2.25. The first-order valence-corrected chi connectivity index (χ1v) is 6.76. The molecule has 1 saturated heterocycles. The molecule has 0 saturated carbocycles. The van der Waals surface area contributed by atoms with E-state index in [4.69, 9.17) is 4.74 Å². The molecular weight excluding hydrogens is 254 g/mol. The molecule has 0 amide bonds. The van der Waals surface area contributed by atoms with Gasteiger partial charge < -0.3 is 4.74 Å². The lowest BCUT2D eigenvalue weighted by Gasteiger charge is -2.26. The van der Waals surface area contributed by atoms with Gasteiger partial charge in [-0.15, -0.1) is 0 Å². The molecule has 0 unspecified atom stereocenters. The van der Waals surface area contributed by atoms with Crippen molar-refractivity contribution in [2.45, 2.75) is 6.67 Å². The topological polar surface area (TPSA) is 47.4 Å². The van der Waals surface area contributed by atoms with Crippen LogP contribution in [0, 0.1) is 0 Å². The van der Waals surface area contributed by atoms with Gasteiger partial charge in [0.15, 0.2) is 0 Å². The van der Waals surface area contributed by atoms with Crippen molar-refractivity contribution >= 4 is 0 Å². The summed E-state index contributed by atoms with van der Waals surface area (Å²) in [5.74, 6) is 0. The second-order valence-electron chi connectivity index (χ2n) is 4.79. The maximum Gasteiger partial charge on any atom is 0.268 e. The van der Waals surface area contributed by atoms with Gasteiger partial charge in [0, 0.05) is 24.7 Å². The first kappa shape index (κ1) is 13.0. The molecule has 1 aromatic heterocycles. The molecule has 104 valence electrons. The van der Waals surface area contributed by atoms with Crippen molar-refractivity contribution in [3.8, 4) is 11.3 Å². The Bertz CT molecular complexity index is 619. The van der Waals surface area contributed by atoms with E-state index in [-0.39, 0.29) is 5.56 Å². The molecule has 0 aliphatic carbocycles. The van der Waals surface area contributed by atoms with Crippen LogP contribution in [0.1, 0.15) is 0 Å². The molecule has 1 aromatic carbocycles. The van der Waals surface area contributed by atoms with Crippen LogP contribution in [-0.4, -0.2) is 41.0 Å². The third-order valence-corrected chi connectivity index (χ3v) is 3.37. The Morgan fingerprint density at radius 2 is 1.80 bits per heavy atom. The smallest absolute Gasteiger partial charge is 0.268 e. The van der Waals surface area contributed by atoms with Gasteiger partial charge in [-0.05, 0) is 6.07 Å². The van der Waals surface area contributed by atoms with Crippen LogP contribution >= 0.6 is 0 Å². The van der Waals surface area contributed by atoms with Crippen LogP contribution < -0.4 is 5.56 Å². The van der Waals surface area contributed by atoms with Gasteiger partial charge in [-0.2, -0.15) is 5.10 Å². The van der Waals surface area contributed by atoms with E-state index < -0.39 is 0 Å². The Kier molecular flexibility index (Phi) is 3.90. The SMILES string of the molecule is O=c1ccc(-c2ccccc2)nn1CN1CCOCC1. The number of aromatic nitrogens is 2. The number of hydrogen-bond acceptors (Lipinski definition) is 4. The van der Waals surface area contributed by atoms with Crippen LogP contribution in [0.2, 0.25) is 0 Å². The van der Waals surface area contributed by atoms with Gasteiger partial charge in [-0.3, -0.25) is 9.69 Å². The molecule has 1 fully saturated rings. The highest BCUT2D eigenvalue weighted by Gasteiger charge is 2.12. The monoisotopic (exact) mass is 271 g/mol. The quantitative estimate of drug-likeness (QED) is 0.841. The maximum atomic E-state index is 11.9. The van der Waals surface area contributed by atoms with Gasteiger partial charge in [0.2, 0.25) is 0 Å². The summed E-state index contributed by atoms with van der Waals surface area (Å²) in [6.45, 7) is 3.62. The van der Waals surface area contributed by atoms with Crippen LogP contribution in [0.5, 0.6) is 0 Å². The maximum absolute atomic E-state index is 11.9. The van der Waals surface area contributed by atoms with E-state index in [9.17, 15) is 4.79 Å². The molecular formula is C15H17N3O2. The molecule has 5 nitrogen and oxygen atoms in total. The number of nitrogens with zero attached hydrogens (tertiary/aromatic N) is 3. The fourth-order valence-electron chi connectivity index (χ4n) is 2.25. The van der Waals surface area contributed by atoms with Gasteiger partial charge in [0.25, 0.3) is 5.56 Å². The number of rotatable bonds is 3. The van der Waals surface area contributed by atoms with Crippen molar-refractivity contribution in [2.75, 3.05) is 26.3 Å². The lowest BCUT2D eigenvalue weighted by atomic mass is 10.1. The normalized spacial score (nSPS) is 16.2. The molecule has 5 heteroatoms. The average molecular weight is 271 g/mol. The Morgan fingerprint density at radius 3 is 2.55 bits per heavy atom. The summed E-state index contributed by atoms with van der Waals surface area (Å²) < 4.78 is 6.83. The molecule has 0 bridgehead atoms. The molecule has 0 radical (unpaired) electrons. The van der Waals surface area contributed by atoms with Crippen molar-refractivity contribution in [1.82, 2.24) is 14.7 Å².